The summed E-state index contributed by atoms with van der Waals surface area (Å²) in [5, 5.41) is 0. The highest BCUT2D eigenvalue weighted by molar-refractivity contribution is 6.06. The molecule has 0 amide bonds. The first-order chi connectivity index (χ1) is 22.2. The van der Waals surface area contributed by atoms with Crippen molar-refractivity contribution < 1.29 is 33.0 Å². The van der Waals surface area contributed by atoms with Gasteiger partial charge in [0.2, 0.25) is 0 Å². The van der Waals surface area contributed by atoms with Crippen LogP contribution in [0.25, 0.3) is 22.5 Å². The molecule has 1 aromatic heterocycles. The monoisotopic (exact) mass is 620 g/mol. The van der Waals surface area contributed by atoms with E-state index < -0.39 is 23.5 Å². The van der Waals surface area contributed by atoms with Gasteiger partial charge in [0.15, 0.2) is 5.41 Å². The lowest BCUT2D eigenvalue weighted by atomic mass is 9.68. The van der Waals surface area contributed by atoms with Gasteiger partial charge in [0.1, 0.15) is 23.4 Å². The fourth-order valence-corrected chi connectivity index (χ4v) is 6.37. The number of carbonyl (C=O) groups excluding carboxylic acids is 3. The van der Waals surface area contributed by atoms with Gasteiger partial charge in [-0.2, -0.15) is 0 Å². The molecule has 3 aromatic carbocycles. The molecule has 5 rings (SSSR count). The van der Waals surface area contributed by atoms with Gasteiger partial charge >= 0.3 is 11.9 Å². The van der Waals surface area contributed by atoms with Crippen molar-refractivity contribution in [3.8, 4) is 11.3 Å². The Morgan fingerprint density at radius 1 is 0.783 bits per heavy atom. The molecule has 4 aromatic rings. The molecular weight excluding hydrogens is 580 g/mol. The van der Waals surface area contributed by atoms with Gasteiger partial charge in [0.25, 0.3) is 0 Å². The third-order valence-corrected chi connectivity index (χ3v) is 8.44. The number of Topliss-reactive ketones (excluding diaryl/α,β-unsaturated/α-hetero) is 1. The molecule has 0 aliphatic heterocycles. The number of fused-ring (bicyclic) bond motifs is 1. The van der Waals surface area contributed by atoms with E-state index >= 15 is 0 Å². The number of carbonyl (C=O) groups is 3. The van der Waals surface area contributed by atoms with Gasteiger partial charge in [-0.05, 0) is 49.5 Å². The zero-order valence-corrected chi connectivity index (χ0v) is 27.0. The van der Waals surface area contributed by atoms with Crippen molar-refractivity contribution in [3.63, 3.8) is 0 Å². The molecule has 1 unspecified atom stereocenters. The number of rotatable bonds is 11. The molecule has 238 valence electrons. The topological polar surface area (TPSA) is 92.0 Å². The van der Waals surface area contributed by atoms with E-state index in [9.17, 15) is 14.4 Å². The fourth-order valence-electron chi connectivity index (χ4n) is 6.37. The summed E-state index contributed by atoms with van der Waals surface area (Å²) in [5.74, 6) is -0.352. The first kappa shape index (κ1) is 32.6. The van der Waals surface area contributed by atoms with Gasteiger partial charge in [-0.25, -0.2) is 0 Å². The Morgan fingerprint density at radius 2 is 1.35 bits per heavy atom. The SMILES string of the molecule is COC(=O)C1(C(=O)OC)C/C(=C(/CCC(C)=O)c2ccccc2)c2c(oc(-c3ccccc3)c2C(OC(C)C)c2ccccc2)C1. The highest BCUT2D eigenvalue weighted by Crippen LogP contribution is 2.54. The molecule has 0 saturated carbocycles. The Morgan fingerprint density at radius 3 is 1.89 bits per heavy atom. The maximum atomic E-state index is 13.7. The van der Waals surface area contributed by atoms with Crippen molar-refractivity contribution in [1.29, 1.82) is 0 Å². The minimum Gasteiger partial charge on any atom is -0.468 e. The van der Waals surface area contributed by atoms with Crippen molar-refractivity contribution in [2.24, 2.45) is 5.41 Å². The quantitative estimate of drug-likeness (QED) is 0.124. The Labute approximate surface area is 270 Å². The molecule has 7 heteroatoms. The number of benzene rings is 3. The number of ether oxygens (including phenoxy) is 3. The van der Waals surface area contributed by atoms with Crippen LogP contribution in [0, 0.1) is 5.41 Å². The predicted molar refractivity (Wildman–Crippen MR) is 177 cm³/mol. The zero-order chi connectivity index (χ0) is 32.8. The second kappa shape index (κ2) is 14.1. The molecule has 46 heavy (non-hydrogen) atoms. The van der Waals surface area contributed by atoms with Crippen LogP contribution < -0.4 is 0 Å². The van der Waals surface area contributed by atoms with E-state index in [1.165, 1.54) is 14.2 Å². The zero-order valence-electron chi connectivity index (χ0n) is 27.0. The molecule has 0 bridgehead atoms. The molecule has 7 nitrogen and oxygen atoms in total. The number of esters is 2. The first-order valence-corrected chi connectivity index (χ1v) is 15.6. The Balaban J connectivity index is 1.94. The van der Waals surface area contributed by atoms with Crippen LogP contribution in [0.1, 0.15) is 74.2 Å². The van der Waals surface area contributed by atoms with E-state index in [2.05, 4.69) is 0 Å². The van der Waals surface area contributed by atoms with Gasteiger partial charge in [0, 0.05) is 36.0 Å². The summed E-state index contributed by atoms with van der Waals surface area (Å²) in [6, 6.07) is 29.4. The second-order valence-corrected chi connectivity index (χ2v) is 11.9. The van der Waals surface area contributed by atoms with Gasteiger partial charge in [0.05, 0.1) is 20.3 Å². The van der Waals surface area contributed by atoms with E-state index in [1.807, 2.05) is 105 Å². The van der Waals surface area contributed by atoms with E-state index in [0.29, 0.717) is 17.9 Å². The maximum Gasteiger partial charge on any atom is 0.324 e. The summed E-state index contributed by atoms with van der Waals surface area (Å²) < 4.78 is 24.1. The lowest BCUT2D eigenvalue weighted by molar-refractivity contribution is -0.169. The summed E-state index contributed by atoms with van der Waals surface area (Å²) in [6.45, 7) is 5.54. The number of methoxy groups -OCH3 is 2. The first-order valence-electron chi connectivity index (χ1n) is 15.6. The molecule has 0 spiro atoms. The Bertz CT molecular complexity index is 1700. The van der Waals surface area contributed by atoms with Crippen LogP contribution in [0.2, 0.25) is 0 Å². The van der Waals surface area contributed by atoms with Gasteiger partial charge in [-0.15, -0.1) is 0 Å². The highest BCUT2D eigenvalue weighted by Gasteiger charge is 2.54. The lowest BCUT2D eigenvalue weighted by Crippen LogP contribution is -2.45. The van der Waals surface area contributed by atoms with E-state index in [1.54, 1.807) is 6.92 Å². The van der Waals surface area contributed by atoms with Crippen LogP contribution in [0.15, 0.2) is 95.4 Å². The van der Waals surface area contributed by atoms with Gasteiger partial charge in [-0.1, -0.05) is 91.0 Å². The summed E-state index contributed by atoms with van der Waals surface area (Å²) >= 11 is 0. The third-order valence-electron chi connectivity index (χ3n) is 8.44. The number of hydrogen-bond acceptors (Lipinski definition) is 7. The minimum atomic E-state index is -1.70. The van der Waals surface area contributed by atoms with Crippen molar-refractivity contribution in [1.82, 2.24) is 0 Å². The average molecular weight is 621 g/mol. The van der Waals surface area contributed by atoms with Gasteiger partial charge < -0.3 is 23.4 Å². The number of ketones is 1. The smallest absolute Gasteiger partial charge is 0.324 e. The van der Waals surface area contributed by atoms with Crippen molar-refractivity contribution >= 4 is 28.9 Å². The average Bonchev–Trinajstić information content (AvgIpc) is 3.46. The molecular formula is C39H40O7. The highest BCUT2D eigenvalue weighted by atomic mass is 16.5. The molecule has 1 atom stereocenters. The summed E-state index contributed by atoms with van der Waals surface area (Å²) in [6.07, 6.45) is -0.109. The van der Waals surface area contributed by atoms with Crippen LogP contribution >= 0.6 is 0 Å². The van der Waals surface area contributed by atoms with Crippen LogP contribution in [0.5, 0.6) is 0 Å². The minimum absolute atomic E-state index is 0.00850. The van der Waals surface area contributed by atoms with Crippen LogP contribution in [-0.4, -0.2) is 38.0 Å². The largest absolute Gasteiger partial charge is 0.468 e. The summed E-state index contributed by atoms with van der Waals surface area (Å²) in [5.41, 5.74) is 4.07. The maximum absolute atomic E-state index is 13.7. The van der Waals surface area contributed by atoms with Crippen LogP contribution in [0.3, 0.4) is 0 Å². The number of allylic oxidation sites excluding steroid dienone is 2. The standard InChI is InChI=1S/C39H40O7/c1-25(2)45-35(28-17-11-7-12-18-28)34-33-31(30(22-21-26(3)40)27-15-9-6-10-16-27)23-39(37(41)43-4,38(42)44-5)24-32(33)46-36(34)29-19-13-8-14-20-29/h6-20,25,35H,21-24H2,1-5H3/b31-30+. The van der Waals surface area contributed by atoms with E-state index in [-0.39, 0.29) is 31.1 Å². The van der Waals surface area contributed by atoms with Crippen molar-refractivity contribution in [2.75, 3.05) is 14.2 Å². The fraction of sp³-hybridized carbons (Fsp3) is 0.308. The van der Waals surface area contributed by atoms with E-state index in [0.717, 1.165) is 39.0 Å². The van der Waals surface area contributed by atoms with Crippen molar-refractivity contribution in [3.05, 3.63) is 119 Å². The van der Waals surface area contributed by atoms with Crippen molar-refractivity contribution in [2.45, 2.75) is 58.7 Å². The molecule has 0 fully saturated rings. The Kier molecular flexibility index (Phi) is 10.0. The normalized spacial score (nSPS) is 15.5. The third kappa shape index (κ3) is 6.46. The second-order valence-electron chi connectivity index (χ2n) is 11.9. The number of furan rings is 1. The van der Waals surface area contributed by atoms with Crippen LogP contribution in [0.4, 0.5) is 0 Å². The predicted octanol–water partition coefficient (Wildman–Crippen LogP) is 8.02. The van der Waals surface area contributed by atoms with Gasteiger partial charge in [-0.3, -0.25) is 9.59 Å². The summed E-state index contributed by atoms with van der Waals surface area (Å²) in [7, 11) is 2.54. The molecule has 1 aliphatic rings. The van der Waals surface area contributed by atoms with E-state index in [4.69, 9.17) is 18.6 Å². The Hall–Kier alpha value is -4.75. The molecule has 0 saturated heterocycles. The molecule has 0 N–H and O–H groups in total. The molecule has 1 aliphatic carbocycles. The molecule has 1 heterocycles. The summed E-state index contributed by atoms with van der Waals surface area (Å²) in [4.78, 5) is 39.7. The lowest BCUT2D eigenvalue weighted by Gasteiger charge is -2.35. The molecule has 0 radical (unpaired) electrons. The van der Waals surface area contributed by atoms with Crippen LogP contribution in [-0.2, 0) is 35.0 Å². The number of hydrogen-bond donors (Lipinski definition) is 0.